The van der Waals surface area contributed by atoms with Crippen LogP contribution >= 0.6 is 11.3 Å². The molecule has 2 heterocycles. The van der Waals surface area contributed by atoms with Crippen molar-refractivity contribution in [1.29, 1.82) is 0 Å². The van der Waals surface area contributed by atoms with Crippen molar-refractivity contribution < 1.29 is 0 Å². The first-order valence-corrected chi connectivity index (χ1v) is 8.48. The number of benzene rings is 1. The van der Waals surface area contributed by atoms with E-state index in [-0.39, 0.29) is 5.54 Å². The number of aromatic nitrogens is 2. The molecule has 2 nitrogen and oxygen atoms in total. The van der Waals surface area contributed by atoms with Crippen LogP contribution in [0.3, 0.4) is 0 Å². The summed E-state index contributed by atoms with van der Waals surface area (Å²) in [5.41, 5.74) is 2.31. The Morgan fingerprint density at radius 2 is 1.83 bits per heavy atom. The molecule has 3 rings (SSSR count). The van der Waals surface area contributed by atoms with E-state index in [4.69, 9.17) is 0 Å². The standard InChI is InChI=1S/C20H20N2S/c1-15-7-5-6-8-16(15)9-10-17-11-12-18(23-17)19-21-13-14-22(19)20(2,3)4/h5-8,11-14H,1-4H3. The summed E-state index contributed by atoms with van der Waals surface area (Å²) in [6.45, 7) is 8.64. The zero-order chi connectivity index (χ0) is 16.4. The monoisotopic (exact) mass is 320 g/mol. The lowest BCUT2D eigenvalue weighted by Gasteiger charge is -2.22. The van der Waals surface area contributed by atoms with Crippen LogP contribution in [0.1, 0.15) is 36.8 Å². The molecule has 3 heteroatoms. The van der Waals surface area contributed by atoms with Crippen LogP contribution in [0.2, 0.25) is 0 Å². The van der Waals surface area contributed by atoms with Crippen molar-refractivity contribution in [2.24, 2.45) is 0 Å². The molecule has 0 atom stereocenters. The maximum atomic E-state index is 4.52. The quantitative estimate of drug-likeness (QED) is 0.572. The van der Waals surface area contributed by atoms with Crippen LogP contribution in [0.15, 0.2) is 48.8 Å². The van der Waals surface area contributed by atoms with Crippen LogP contribution in [0.5, 0.6) is 0 Å². The molecule has 0 aliphatic heterocycles. The van der Waals surface area contributed by atoms with E-state index in [9.17, 15) is 0 Å². The third-order valence-electron chi connectivity index (χ3n) is 3.66. The predicted molar refractivity (Wildman–Crippen MR) is 97.7 cm³/mol. The third-order valence-corrected chi connectivity index (χ3v) is 4.65. The highest BCUT2D eigenvalue weighted by molar-refractivity contribution is 7.15. The zero-order valence-corrected chi connectivity index (χ0v) is 14.7. The minimum absolute atomic E-state index is 0.0167. The summed E-state index contributed by atoms with van der Waals surface area (Å²) in [4.78, 5) is 6.74. The molecule has 2 aromatic heterocycles. The lowest BCUT2D eigenvalue weighted by molar-refractivity contribution is 0.401. The Bertz CT molecular complexity index is 882. The molecule has 116 valence electrons. The van der Waals surface area contributed by atoms with Crippen LogP contribution in [0, 0.1) is 18.8 Å². The Kier molecular flexibility index (Phi) is 4.11. The number of thiophene rings is 1. The summed E-state index contributed by atoms with van der Waals surface area (Å²) in [6.07, 6.45) is 3.90. The van der Waals surface area contributed by atoms with E-state index in [1.165, 1.54) is 5.56 Å². The molecule has 0 N–H and O–H groups in total. The third kappa shape index (κ3) is 3.38. The fraction of sp³-hybridized carbons (Fsp3) is 0.250. The summed E-state index contributed by atoms with van der Waals surface area (Å²) in [5.74, 6) is 7.55. The molecular formula is C20H20N2S. The molecule has 23 heavy (non-hydrogen) atoms. The topological polar surface area (TPSA) is 17.8 Å². The molecule has 0 saturated carbocycles. The Morgan fingerprint density at radius 3 is 2.57 bits per heavy atom. The molecular weight excluding hydrogens is 300 g/mol. The molecule has 1 aromatic carbocycles. The molecule has 0 spiro atoms. The second kappa shape index (κ2) is 6.06. The maximum Gasteiger partial charge on any atom is 0.150 e. The van der Waals surface area contributed by atoms with E-state index < -0.39 is 0 Å². The zero-order valence-electron chi connectivity index (χ0n) is 13.9. The van der Waals surface area contributed by atoms with E-state index in [1.54, 1.807) is 11.3 Å². The van der Waals surface area contributed by atoms with Crippen molar-refractivity contribution in [3.63, 3.8) is 0 Å². The highest BCUT2D eigenvalue weighted by atomic mass is 32.1. The summed E-state index contributed by atoms with van der Waals surface area (Å²) >= 11 is 1.69. The molecule has 0 bridgehead atoms. The van der Waals surface area contributed by atoms with Crippen molar-refractivity contribution in [2.45, 2.75) is 33.2 Å². The van der Waals surface area contributed by atoms with Gasteiger partial charge in [-0.2, -0.15) is 0 Å². The summed E-state index contributed by atoms with van der Waals surface area (Å²) < 4.78 is 2.21. The Morgan fingerprint density at radius 1 is 1.04 bits per heavy atom. The minimum Gasteiger partial charge on any atom is -0.325 e. The van der Waals surface area contributed by atoms with Gasteiger partial charge in [-0.25, -0.2) is 4.98 Å². The largest absolute Gasteiger partial charge is 0.325 e. The number of imidazole rings is 1. The lowest BCUT2D eigenvalue weighted by Crippen LogP contribution is -2.21. The number of aryl methyl sites for hydroxylation is 1. The van der Waals surface area contributed by atoms with Crippen molar-refractivity contribution in [3.8, 4) is 22.5 Å². The number of hydrogen-bond donors (Lipinski definition) is 0. The second-order valence-electron chi connectivity index (χ2n) is 6.52. The molecule has 0 aliphatic carbocycles. The van der Waals surface area contributed by atoms with Crippen LogP contribution < -0.4 is 0 Å². The molecule has 3 aromatic rings. The van der Waals surface area contributed by atoms with E-state index >= 15 is 0 Å². The summed E-state index contributed by atoms with van der Waals surface area (Å²) in [7, 11) is 0. The van der Waals surface area contributed by atoms with Gasteiger partial charge in [-0.3, -0.25) is 0 Å². The lowest BCUT2D eigenvalue weighted by atomic mass is 10.1. The fourth-order valence-electron chi connectivity index (χ4n) is 2.39. The van der Waals surface area contributed by atoms with Gasteiger partial charge in [0.2, 0.25) is 0 Å². The van der Waals surface area contributed by atoms with E-state index in [0.717, 1.165) is 21.1 Å². The van der Waals surface area contributed by atoms with Gasteiger partial charge in [0.15, 0.2) is 5.82 Å². The average molecular weight is 320 g/mol. The van der Waals surface area contributed by atoms with E-state index in [2.05, 4.69) is 73.4 Å². The van der Waals surface area contributed by atoms with Crippen LogP contribution in [0.4, 0.5) is 0 Å². The van der Waals surface area contributed by atoms with Crippen LogP contribution in [-0.4, -0.2) is 9.55 Å². The second-order valence-corrected chi connectivity index (χ2v) is 7.60. The number of hydrogen-bond acceptors (Lipinski definition) is 2. The van der Waals surface area contributed by atoms with Crippen molar-refractivity contribution in [2.75, 3.05) is 0 Å². The highest BCUT2D eigenvalue weighted by Crippen LogP contribution is 2.30. The van der Waals surface area contributed by atoms with Crippen LogP contribution in [0.25, 0.3) is 10.7 Å². The summed E-state index contributed by atoms with van der Waals surface area (Å²) in [6, 6.07) is 12.4. The first-order valence-electron chi connectivity index (χ1n) is 7.67. The molecule has 0 amide bonds. The van der Waals surface area contributed by atoms with Gasteiger partial charge in [-0.15, -0.1) is 11.3 Å². The molecule has 0 unspecified atom stereocenters. The van der Waals surface area contributed by atoms with Gasteiger partial charge < -0.3 is 4.57 Å². The molecule has 0 aliphatic rings. The molecule has 0 fully saturated rings. The van der Waals surface area contributed by atoms with E-state index in [0.29, 0.717) is 0 Å². The Balaban J connectivity index is 1.91. The first-order chi connectivity index (χ1) is 10.9. The van der Waals surface area contributed by atoms with Gasteiger partial charge in [-0.1, -0.05) is 30.0 Å². The van der Waals surface area contributed by atoms with Gasteiger partial charge >= 0.3 is 0 Å². The first kappa shape index (κ1) is 15.6. The normalized spacial score (nSPS) is 11.1. The smallest absolute Gasteiger partial charge is 0.150 e. The minimum atomic E-state index is 0.0167. The van der Waals surface area contributed by atoms with Gasteiger partial charge in [0.1, 0.15) is 0 Å². The van der Waals surface area contributed by atoms with Crippen LogP contribution in [-0.2, 0) is 5.54 Å². The fourth-order valence-corrected chi connectivity index (χ4v) is 3.25. The average Bonchev–Trinajstić information content (AvgIpc) is 3.14. The summed E-state index contributed by atoms with van der Waals surface area (Å²) in [5, 5.41) is 0. The van der Waals surface area contributed by atoms with Gasteiger partial charge in [0.25, 0.3) is 0 Å². The Labute approximate surface area is 141 Å². The van der Waals surface area contributed by atoms with E-state index in [1.807, 2.05) is 24.5 Å². The van der Waals surface area contributed by atoms with Crippen molar-refractivity contribution in [1.82, 2.24) is 9.55 Å². The van der Waals surface area contributed by atoms with Gasteiger partial charge in [-0.05, 0) is 51.5 Å². The number of nitrogens with zero attached hydrogens (tertiary/aromatic N) is 2. The number of rotatable bonds is 1. The SMILES string of the molecule is Cc1ccccc1C#Cc1ccc(-c2nccn2C(C)(C)C)s1. The van der Waals surface area contributed by atoms with Crippen molar-refractivity contribution >= 4 is 11.3 Å². The maximum absolute atomic E-state index is 4.52. The molecule has 0 saturated heterocycles. The van der Waals surface area contributed by atoms with Gasteiger partial charge in [0, 0.05) is 23.5 Å². The predicted octanol–water partition coefficient (Wildman–Crippen LogP) is 5.07. The molecule has 0 radical (unpaired) electrons. The Hall–Kier alpha value is -2.31. The highest BCUT2D eigenvalue weighted by Gasteiger charge is 2.18. The van der Waals surface area contributed by atoms with Gasteiger partial charge in [0.05, 0.1) is 9.75 Å². The van der Waals surface area contributed by atoms with Crippen molar-refractivity contribution in [3.05, 3.63) is 64.8 Å².